The molecule has 3 aromatic carbocycles. The van der Waals surface area contributed by atoms with Crippen LogP contribution in [-0.4, -0.2) is 50.0 Å². The lowest BCUT2D eigenvalue weighted by molar-refractivity contribution is -0.140. The number of aryl methyl sites for hydroxylation is 1. The number of nitrogens with one attached hydrogen (secondary N) is 1. The molecule has 3 aromatic rings. The summed E-state index contributed by atoms with van der Waals surface area (Å²) < 4.78 is 41.8. The molecular weight excluding hydrogens is 529 g/mol. The standard InChI is InChI=1S/C31H38FN3O4S/c1-5-23(3)33-31(37)29(20-24-14-8-7-9-15-24)34(21-26-17-10-12-18-27(26)32)30(36)22-35(40(4,38)39)28-19-13-11-16-25(28)6-2/h7-19,23,29H,5-6,20-22H2,1-4H3,(H,33,37)/t23-,29+/m1/s1. The van der Waals surface area contributed by atoms with Crippen molar-refractivity contribution in [2.24, 2.45) is 0 Å². The molecule has 0 saturated heterocycles. The van der Waals surface area contributed by atoms with Crippen molar-refractivity contribution in [2.75, 3.05) is 17.1 Å². The van der Waals surface area contributed by atoms with E-state index in [1.165, 1.54) is 11.0 Å². The lowest BCUT2D eigenvalue weighted by Gasteiger charge is -2.34. The van der Waals surface area contributed by atoms with Crippen LogP contribution in [-0.2, 0) is 39.0 Å². The van der Waals surface area contributed by atoms with Gasteiger partial charge in [-0.1, -0.05) is 80.6 Å². The van der Waals surface area contributed by atoms with Crippen LogP contribution in [0.1, 0.15) is 43.9 Å². The summed E-state index contributed by atoms with van der Waals surface area (Å²) in [7, 11) is -3.88. The van der Waals surface area contributed by atoms with E-state index in [1.807, 2.05) is 63.2 Å². The van der Waals surface area contributed by atoms with Gasteiger partial charge in [0.05, 0.1) is 11.9 Å². The van der Waals surface area contributed by atoms with Crippen molar-refractivity contribution in [2.45, 2.75) is 58.7 Å². The molecule has 0 bridgehead atoms. The average Bonchev–Trinajstić information content (AvgIpc) is 2.94. The van der Waals surface area contributed by atoms with Gasteiger partial charge in [0, 0.05) is 24.6 Å². The number of hydrogen-bond acceptors (Lipinski definition) is 4. The van der Waals surface area contributed by atoms with Gasteiger partial charge in [-0.15, -0.1) is 0 Å². The molecule has 0 unspecified atom stereocenters. The molecular formula is C31H38FN3O4S. The SMILES string of the molecule is CCc1ccccc1N(CC(=O)N(Cc1ccccc1F)[C@@H](Cc1ccccc1)C(=O)N[C@H](C)CC)S(C)(=O)=O. The lowest BCUT2D eigenvalue weighted by atomic mass is 10.0. The van der Waals surface area contributed by atoms with Gasteiger partial charge in [-0.05, 0) is 43.0 Å². The molecule has 7 nitrogen and oxygen atoms in total. The summed E-state index contributed by atoms with van der Waals surface area (Å²) in [6, 6.07) is 21.2. The fraction of sp³-hybridized carbons (Fsp3) is 0.355. The van der Waals surface area contributed by atoms with E-state index >= 15 is 0 Å². The van der Waals surface area contributed by atoms with Gasteiger partial charge in [0.1, 0.15) is 18.4 Å². The number of carbonyl (C=O) groups is 2. The first-order valence-corrected chi connectivity index (χ1v) is 15.3. The molecule has 0 heterocycles. The fourth-order valence-corrected chi connectivity index (χ4v) is 5.33. The summed E-state index contributed by atoms with van der Waals surface area (Å²) in [5.41, 5.74) is 2.20. The number of benzene rings is 3. The number of amides is 2. The Kier molecular flexibility index (Phi) is 10.8. The van der Waals surface area contributed by atoms with E-state index in [4.69, 9.17) is 0 Å². The molecule has 0 aliphatic rings. The molecule has 2 amide bonds. The van der Waals surface area contributed by atoms with Gasteiger partial charge < -0.3 is 10.2 Å². The monoisotopic (exact) mass is 567 g/mol. The highest BCUT2D eigenvalue weighted by molar-refractivity contribution is 7.92. The van der Waals surface area contributed by atoms with Gasteiger partial charge in [-0.2, -0.15) is 0 Å². The number of halogens is 1. The van der Waals surface area contributed by atoms with Crippen LogP contribution >= 0.6 is 0 Å². The van der Waals surface area contributed by atoms with Gasteiger partial charge in [0.25, 0.3) is 0 Å². The minimum absolute atomic E-state index is 0.153. The zero-order chi connectivity index (χ0) is 29.3. The van der Waals surface area contributed by atoms with Gasteiger partial charge in [0.2, 0.25) is 21.8 Å². The zero-order valence-corrected chi connectivity index (χ0v) is 24.3. The minimum Gasteiger partial charge on any atom is -0.352 e. The number of rotatable bonds is 13. The first kappa shape index (κ1) is 30.8. The Morgan fingerprint density at radius 2 is 1.50 bits per heavy atom. The van der Waals surface area contributed by atoms with E-state index in [1.54, 1.807) is 30.3 Å². The smallest absolute Gasteiger partial charge is 0.244 e. The lowest BCUT2D eigenvalue weighted by Crippen LogP contribution is -2.54. The molecule has 0 spiro atoms. The Balaban J connectivity index is 2.09. The van der Waals surface area contributed by atoms with Crippen molar-refractivity contribution in [3.8, 4) is 0 Å². The predicted octanol–water partition coefficient (Wildman–Crippen LogP) is 4.71. The van der Waals surface area contributed by atoms with E-state index in [0.717, 1.165) is 21.7 Å². The van der Waals surface area contributed by atoms with Crippen LogP contribution in [0.3, 0.4) is 0 Å². The second-order valence-electron chi connectivity index (χ2n) is 9.89. The Bertz CT molecular complexity index is 1400. The molecule has 40 heavy (non-hydrogen) atoms. The van der Waals surface area contributed by atoms with Crippen LogP contribution in [0.2, 0.25) is 0 Å². The van der Waals surface area contributed by atoms with E-state index in [-0.39, 0.29) is 30.5 Å². The maximum absolute atomic E-state index is 14.8. The first-order chi connectivity index (χ1) is 19.0. The largest absolute Gasteiger partial charge is 0.352 e. The molecule has 0 aliphatic carbocycles. The summed E-state index contributed by atoms with van der Waals surface area (Å²) in [6.07, 6.45) is 2.46. The molecule has 3 rings (SSSR count). The third kappa shape index (κ3) is 8.14. The van der Waals surface area contributed by atoms with Crippen LogP contribution in [0.4, 0.5) is 10.1 Å². The minimum atomic E-state index is -3.88. The molecule has 214 valence electrons. The number of hydrogen-bond donors (Lipinski definition) is 1. The summed E-state index contributed by atoms with van der Waals surface area (Å²) in [5.74, 6) is -1.51. The van der Waals surface area contributed by atoms with Crippen LogP contribution < -0.4 is 9.62 Å². The number of carbonyl (C=O) groups excluding carboxylic acids is 2. The zero-order valence-electron chi connectivity index (χ0n) is 23.5. The highest BCUT2D eigenvalue weighted by Crippen LogP contribution is 2.25. The topological polar surface area (TPSA) is 86.8 Å². The van der Waals surface area contributed by atoms with Crippen LogP contribution in [0.25, 0.3) is 0 Å². The molecule has 9 heteroatoms. The van der Waals surface area contributed by atoms with E-state index < -0.39 is 34.3 Å². The average molecular weight is 568 g/mol. The molecule has 0 fully saturated rings. The van der Waals surface area contributed by atoms with Crippen molar-refractivity contribution in [3.05, 3.63) is 101 Å². The Morgan fingerprint density at radius 1 is 0.900 bits per heavy atom. The second kappa shape index (κ2) is 14.1. The maximum Gasteiger partial charge on any atom is 0.244 e. The Labute approximate surface area is 237 Å². The Hall–Kier alpha value is -3.72. The molecule has 0 saturated carbocycles. The third-order valence-corrected chi connectivity index (χ3v) is 8.02. The quantitative estimate of drug-likeness (QED) is 0.324. The summed E-state index contributed by atoms with van der Waals surface area (Å²) in [6.45, 7) is 4.97. The number of sulfonamides is 1. The maximum atomic E-state index is 14.8. The van der Waals surface area contributed by atoms with E-state index in [0.29, 0.717) is 18.5 Å². The third-order valence-electron chi connectivity index (χ3n) is 6.89. The van der Waals surface area contributed by atoms with Crippen molar-refractivity contribution >= 4 is 27.5 Å². The van der Waals surface area contributed by atoms with Gasteiger partial charge in [0.15, 0.2) is 0 Å². The van der Waals surface area contributed by atoms with Crippen LogP contribution in [0, 0.1) is 5.82 Å². The van der Waals surface area contributed by atoms with E-state index in [2.05, 4.69) is 5.32 Å². The predicted molar refractivity (Wildman–Crippen MR) is 157 cm³/mol. The number of nitrogens with zero attached hydrogens (tertiary/aromatic N) is 2. The first-order valence-electron chi connectivity index (χ1n) is 13.5. The van der Waals surface area contributed by atoms with Gasteiger partial charge in [-0.3, -0.25) is 13.9 Å². The highest BCUT2D eigenvalue weighted by atomic mass is 32.2. The van der Waals surface area contributed by atoms with Crippen molar-refractivity contribution in [3.63, 3.8) is 0 Å². The van der Waals surface area contributed by atoms with Crippen LogP contribution in [0.15, 0.2) is 78.9 Å². The fourth-order valence-electron chi connectivity index (χ4n) is 4.45. The molecule has 0 aromatic heterocycles. The van der Waals surface area contributed by atoms with Crippen LogP contribution in [0.5, 0.6) is 0 Å². The molecule has 1 N–H and O–H groups in total. The van der Waals surface area contributed by atoms with Gasteiger partial charge >= 0.3 is 0 Å². The van der Waals surface area contributed by atoms with Gasteiger partial charge in [-0.25, -0.2) is 12.8 Å². The molecule has 0 radical (unpaired) electrons. The Morgan fingerprint density at radius 3 is 2.10 bits per heavy atom. The van der Waals surface area contributed by atoms with Crippen molar-refractivity contribution in [1.29, 1.82) is 0 Å². The van der Waals surface area contributed by atoms with E-state index in [9.17, 15) is 22.4 Å². The summed E-state index contributed by atoms with van der Waals surface area (Å²) in [4.78, 5) is 29.1. The molecule has 0 aliphatic heterocycles. The summed E-state index contributed by atoms with van der Waals surface area (Å²) >= 11 is 0. The molecule has 2 atom stereocenters. The highest BCUT2D eigenvalue weighted by Gasteiger charge is 2.34. The number of para-hydroxylation sites is 1. The van der Waals surface area contributed by atoms with Crippen molar-refractivity contribution < 1.29 is 22.4 Å². The number of anilines is 1. The summed E-state index contributed by atoms with van der Waals surface area (Å²) in [5, 5.41) is 2.96. The van der Waals surface area contributed by atoms with Crippen molar-refractivity contribution in [1.82, 2.24) is 10.2 Å². The second-order valence-corrected chi connectivity index (χ2v) is 11.8. The normalized spacial score (nSPS) is 12.8.